The largest absolute Gasteiger partial charge is 0.300 e. The number of fused-ring (bicyclic) bond motifs is 3. The van der Waals surface area contributed by atoms with E-state index in [9.17, 15) is 4.79 Å². The lowest BCUT2D eigenvalue weighted by Gasteiger charge is -2.24. The highest BCUT2D eigenvalue weighted by Gasteiger charge is 2.36. The molecule has 1 nitrogen and oxygen atoms in total. The summed E-state index contributed by atoms with van der Waals surface area (Å²) < 4.78 is 0. The minimum Gasteiger partial charge on any atom is -0.300 e. The number of rotatable bonds is 0. The highest BCUT2D eigenvalue weighted by molar-refractivity contribution is 5.80. The standard InChI is InChI=1S/C13H14O/c14-11-6-5-10-7-9-3-1-2-4-12(9)13(10)8-11/h1-4,10,13H,5-8H2. The quantitative estimate of drug-likeness (QED) is 0.609. The van der Waals surface area contributed by atoms with Gasteiger partial charge in [0.1, 0.15) is 5.78 Å². The van der Waals surface area contributed by atoms with Crippen LogP contribution < -0.4 is 0 Å². The molecule has 14 heavy (non-hydrogen) atoms. The molecule has 0 aromatic heterocycles. The first-order chi connectivity index (χ1) is 6.84. The van der Waals surface area contributed by atoms with Gasteiger partial charge in [0.25, 0.3) is 0 Å². The van der Waals surface area contributed by atoms with E-state index in [4.69, 9.17) is 0 Å². The Labute approximate surface area is 84.1 Å². The van der Waals surface area contributed by atoms with E-state index >= 15 is 0 Å². The number of Topliss-reactive ketones (excluding diaryl/α,β-unsaturated/α-hetero) is 1. The molecule has 0 aliphatic heterocycles. The summed E-state index contributed by atoms with van der Waals surface area (Å²) in [4.78, 5) is 11.4. The van der Waals surface area contributed by atoms with Crippen LogP contribution in [-0.2, 0) is 11.2 Å². The van der Waals surface area contributed by atoms with E-state index in [0.717, 1.165) is 25.2 Å². The third-order valence-corrected chi connectivity index (χ3v) is 3.75. The maximum absolute atomic E-state index is 11.4. The number of carbonyl (C=O) groups excluding carboxylic acids is 1. The summed E-state index contributed by atoms with van der Waals surface area (Å²) in [5.41, 5.74) is 2.93. The van der Waals surface area contributed by atoms with Gasteiger partial charge < -0.3 is 0 Å². The Morgan fingerprint density at radius 2 is 2.00 bits per heavy atom. The summed E-state index contributed by atoms with van der Waals surface area (Å²) in [5.74, 6) is 1.76. The average molecular weight is 186 g/mol. The number of ketones is 1. The second-order valence-electron chi connectivity index (χ2n) is 4.55. The molecule has 1 fully saturated rings. The summed E-state index contributed by atoms with van der Waals surface area (Å²) >= 11 is 0. The minimum absolute atomic E-state index is 0.461. The molecule has 2 unspecified atom stereocenters. The van der Waals surface area contributed by atoms with Gasteiger partial charge in [0, 0.05) is 12.8 Å². The van der Waals surface area contributed by atoms with E-state index in [0.29, 0.717) is 11.7 Å². The number of benzene rings is 1. The van der Waals surface area contributed by atoms with Gasteiger partial charge >= 0.3 is 0 Å². The van der Waals surface area contributed by atoms with Crippen LogP contribution in [0.1, 0.15) is 36.3 Å². The Morgan fingerprint density at radius 3 is 2.93 bits per heavy atom. The summed E-state index contributed by atoms with van der Waals surface area (Å²) in [7, 11) is 0. The van der Waals surface area contributed by atoms with Crippen LogP contribution in [0.15, 0.2) is 24.3 Å². The first-order valence-electron chi connectivity index (χ1n) is 5.44. The molecule has 2 aliphatic rings. The first kappa shape index (κ1) is 8.22. The van der Waals surface area contributed by atoms with Gasteiger partial charge in [-0.15, -0.1) is 0 Å². The Bertz CT molecular complexity index is 381. The van der Waals surface area contributed by atoms with E-state index in [2.05, 4.69) is 24.3 Å². The van der Waals surface area contributed by atoms with Crippen molar-refractivity contribution in [2.24, 2.45) is 5.92 Å². The zero-order chi connectivity index (χ0) is 9.54. The second kappa shape index (κ2) is 2.94. The Hall–Kier alpha value is -1.11. The van der Waals surface area contributed by atoms with Crippen LogP contribution in [0.2, 0.25) is 0 Å². The molecule has 0 heterocycles. The van der Waals surface area contributed by atoms with Crippen molar-refractivity contribution in [1.29, 1.82) is 0 Å². The summed E-state index contributed by atoms with van der Waals surface area (Å²) in [5, 5.41) is 0. The highest BCUT2D eigenvalue weighted by Crippen LogP contribution is 2.45. The van der Waals surface area contributed by atoms with Crippen LogP contribution >= 0.6 is 0 Å². The smallest absolute Gasteiger partial charge is 0.133 e. The summed E-state index contributed by atoms with van der Waals surface area (Å²) in [6, 6.07) is 8.63. The fourth-order valence-electron chi connectivity index (χ4n) is 3.03. The predicted molar refractivity (Wildman–Crippen MR) is 55.2 cm³/mol. The normalized spacial score (nSPS) is 29.9. The molecular weight excluding hydrogens is 172 g/mol. The maximum Gasteiger partial charge on any atom is 0.133 e. The van der Waals surface area contributed by atoms with E-state index in [1.807, 2.05) is 0 Å². The lowest BCUT2D eigenvalue weighted by molar-refractivity contribution is -0.121. The molecule has 0 amide bonds. The van der Waals surface area contributed by atoms with Crippen LogP contribution in [0.25, 0.3) is 0 Å². The molecule has 1 saturated carbocycles. The third-order valence-electron chi connectivity index (χ3n) is 3.75. The Kier molecular flexibility index (Phi) is 1.73. The number of carbonyl (C=O) groups is 1. The van der Waals surface area contributed by atoms with E-state index < -0.39 is 0 Å². The Morgan fingerprint density at radius 1 is 1.14 bits per heavy atom. The van der Waals surface area contributed by atoms with Crippen molar-refractivity contribution in [3.05, 3.63) is 35.4 Å². The van der Waals surface area contributed by atoms with Gasteiger partial charge in [-0.25, -0.2) is 0 Å². The maximum atomic E-state index is 11.4. The van der Waals surface area contributed by atoms with Crippen molar-refractivity contribution < 1.29 is 4.79 Å². The monoisotopic (exact) mass is 186 g/mol. The van der Waals surface area contributed by atoms with Crippen molar-refractivity contribution in [1.82, 2.24) is 0 Å². The van der Waals surface area contributed by atoms with Crippen molar-refractivity contribution in [3.8, 4) is 0 Å². The Balaban J connectivity index is 2.00. The van der Waals surface area contributed by atoms with Gasteiger partial charge in [0.2, 0.25) is 0 Å². The molecule has 1 heteroatoms. The molecule has 0 bridgehead atoms. The van der Waals surface area contributed by atoms with E-state index in [1.54, 1.807) is 0 Å². The lowest BCUT2D eigenvalue weighted by Crippen LogP contribution is -2.19. The molecule has 0 radical (unpaired) electrons. The first-order valence-corrected chi connectivity index (χ1v) is 5.44. The zero-order valence-electron chi connectivity index (χ0n) is 8.20. The summed E-state index contributed by atoms with van der Waals surface area (Å²) in [6.45, 7) is 0. The van der Waals surface area contributed by atoms with Gasteiger partial charge in [-0.3, -0.25) is 4.79 Å². The van der Waals surface area contributed by atoms with Gasteiger partial charge in [-0.1, -0.05) is 24.3 Å². The molecule has 0 spiro atoms. The average Bonchev–Trinajstić information content (AvgIpc) is 2.56. The van der Waals surface area contributed by atoms with Crippen LogP contribution in [0.4, 0.5) is 0 Å². The predicted octanol–water partition coefficient (Wildman–Crippen LogP) is 2.70. The minimum atomic E-state index is 0.461. The van der Waals surface area contributed by atoms with E-state index in [1.165, 1.54) is 17.5 Å². The molecule has 1 aromatic carbocycles. The van der Waals surface area contributed by atoms with Gasteiger partial charge in [-0.05, 0) is 35.8 Å². The highest BCUT2D eigenvalue weighted by atomic mass is 16.1. The van der Waals surface area contributed by atoms with Crippen molar-refractivity contribution in [3.63, 3.8) is 0 Å². The molecule has 0 N–H and O–H groups in total. The van der Waals surface area contributed by atoms with Crippen molar-refractivity contribution >= 4 is 5.78 Å². The van der Waals surface area contributed by atoms with Crippen LogP contribution in [0.3, 0.4) is 0 Å². The van der Waals surface area contributed by atoms with Gasteiger partial charge in [0.05, 0.1) is 0 Å². The molecule has 72 valence electrons. The van der Waals surface area contributed by atoms with Crippen LogP contribution in [0.5, 0.6) is 0 Å². The fraction of sp³-hybridized carbons (Fsp3) is 0.462. The molecule has 2 atom stereocenters. The lowest BCUT2D eigenvalue weighted by atomic mass is 9.79. The van der Waals surface area contributed by atoms with Gasteiger partial charge in [-0.2, -0.15) is 0 Å². The van der Waals surface area contributed by atoms with Crippen molar-refractivity contribution in [2.75, 3.05) is 0 Å². The topological polar surface area (TPSA) is 17.1 Å². The van der Waals surface area contributed by atoms with Crippen LogP contribution in [0, 0.1) is 5.92 Å². The second-order valence-corrected chi connectivity index (χ2v) is 4.55. The number of hydrogen-bond acceptors (Lipinski definition) is 1. The summed E-state index contributed by atoms with van der Waals surface area (Å²) in [6.07, 6.45) is 3.92. The fourth-order valence-corrected chi connectivity index (χ4v) is 3.03. The number of hydrogen-bond donors (Lipinski definition) is 0. The molecular formula is C13H14O. The third kappa shape index (κ3) is 1.12. The zero-order valence-corrected chi connectivity index (χ0v) is 8.20. The molecule has 3 rings (SSSR count). The SMILES string of the molecule is O=C1CCC2Cc3ccccc3C2C1. The molecule has 1 aromatic rings. The van der Waals surface area contributed by atoms with E-state index in [-0.39, 0.29) is 0 Å². The molecule has 2 aliphatic carbocycles. The van der Waals surface area contributed by atoms with Crippen LogP contribution in [-0.4, -0.2) is 5.78 Å². The molecule has 0 saturated heterocycles. The van der Waals surface area contributed by atoms with Gasteiger partial charge in [0.15, 0.2) is 0 Å². The van der Waals surface area contributed by atoms with Crippen molar-refractivity contribution in [2.45, 2.75) is 31.6 Å².